The molecule has 1 aliphatic rings. The summed E-state index contributed by atoms with van der Waals surface area (Å²) in [7, 11) is 0. The number of aryl methyl sites for hydroxylation is 1. The summed E-state index contributed by atoms with van der Waals surface area (Å²) in [5, 5.41) is 12.8. The highest BCUT2D eigenvalue weighted by molar-refractivity contribution is 8.05. The summed E-state index contributed by atoms with van der Waals surface area (Å²) in [5.41, 5.74) is 5.67. The fourth-order valence-electron chi connectivity index (χ4n) is 4.31. The van der Waals surface area contributed by atoms with E-state index in [2.05, 4.69) is 63.3 Å². The van der Waals surface area contributed by atoms with Crippen LogP contribution in [-0.4, -0.2) is 17.1 Å². The fraction of sp³-hybridized carbons (Fsp3) is 0.281. The molecule has 38 heavy (non-hydrogen) atoms. The molecule has 4 rings (SSSR count). The Morgan fingerprint density at radius 3 is 2.00 bits per heavy atom. The number of carbonyl (C=O) groups excluding carboxylic acids is 2. The first-order valence-electron chi connectivity index (χ1n) is 12.9. The molecule has 0 bridgehead atoms. The third kappa shape index (κ3) is 6.00. The zero-order valence-electron chi connectivity index (χ0n) is 22.5. The monoisotopic (exact) mass is 523 g/mol. The van der Waals surface area contributed by atoms with Crippen molar-refractivity contribution in [1.82, 2.24) is 0 Å². The van der Waals surface area contributed by atoms with E-state index in [9.17, 15) is 14.9 Å². The van der Waals surface area contributed by atoms with Crippen molar-refractivity contribution in [3.8, 4) is 6.07 Å². The van der Waals surface area contributed by atoms with E-state index in [0.29, 0.717) is 34.7 Å². The van der Waals surface area contributed by atoms with Crippen molar-refractivity contribution in [3.63, 3.8) is 0 Å². The number of nitrogens with one attached hydrogen (secondary N) is 1. The molecule has 0 saturated carbocycles. The van der Waals surface area contributed by atoms with Gasteiger partial charge in [-0.05, 0) is 66.1 Å². The summed E-state index contributed by atoms with van der Waals surface area (Å²) in [6.07, 6.45) is 0.504. The molecule has 0 radical (unpaired) electrons. The van der Waals surface area contributed by atoms with E-state index < -0.39 is 11.2 Å². The summed E-state index contributed by atoms with van der Waals surface area (Å²) in [6, 6.07) is 25.5. The summed E-state index contributed by atoms with van der Waals surface area (Å²) >= 11 is 1.28. The van der Waals surface area contributed by atoms with Crippen molar-refractivity contribution in [2.75, 3.05) is 10.2 Å². The number of amides is 2. The van der Waals surface area contributed by atoms with Crippen molar-refractivity contribution in [3.05, 3.63) is 106 Å². The SMILES string of the molecule is Cc1ccc(NC(=O)/C(C#N)=C2\SC(Cc3ccc(C(C)C)cc3)C(=O)N2c2ccc(C(C)C)cc2)cc1. The average molecular weight is 524 g/mol. The molecule has 1 atom stereocenters. The smallest absolute Gasteiger partial charge is 0.269 e. The van der Waals surface area contributed by atoms with Gasteiger partial charge >= 0.3 is 0 Å². The summed E-state index contributed by atoms with van der Waals surface area (Å²) < 4.78 is 0. The number of hydrogen-bond donors (Lipinski definition) is 1. The number of nitrogens with zero attached hydrogens (tertiary/aromatic N) is 2. The second-order valence-electron chi connectivity index (χ2n) is 10.2. The van der Waals surface area contributed by atoms with E-state index >= 15 is 0 Å². The minimum Gasteiger partial charge on any atom is -0.321 e. The topological polar surface area (TPSA) is 73.2 Å². The van der Waals surface area contributed by atoms with Gasteiger partial charge in [-0.3, -0.25) is 14.5 Å². The maximum absolute atomic E-state index is 13.8. The minimum atomic E-state index is -0.530. The van der Waals surface area contributed by atoms with Crippen LogP contribution in [0.15, 0.2) is 83.4 Å². The zero-order valence-corrected chi connectivity index (χ0v) is 23.3. The number of nitriles is 1. The van der Waals surface area contributed by atoms with Crippen LogP contribution in [0, 0.1) is 18.3 Å². The van der Waals surface area contributed by atoms with Crippen molar-refractivity contribution in [2.24, 2.45) is 0 Å². The second-order valence-corrected chi connectivity index (χ2v) is 11.4. The molecule has 1 heterocycles. The molecule has 0 aromatic heterocycles. The standard InChI is InChI=1S/C32H33N3O2S/c1-20(2)24-10-8-23(9-11-24)18-29-31(37)35(27-16-12-25(13-17-27)21(3)4)32(38-29)28(19-33)30(36)34-26-14-6-22(5)7-15-26/h6-17,20-21,29H,18H2,1-5H3,(H,34,36)/b32-28-. The van der Waals surface area contributed by atoms with Gasteiger partial charge in [-0.15, -0.1) is 0 Å². The molecule has 1 N–H and O–H groups in total. The maximum atomic E-state index is 13.8. The van der Waals surface area contributed by atoms with Crippen LogP contribution in [0.2, 0.25) is 0 Å². The first-order chi connectivity index (χ1) is 18.2. The number of anilines is 2. The molecular formula is C32H33N3O2S. The van der Waals surface area contributed by atoms with Crippen LogP contribution in [0.5, 0.6) is 0 Å². The Labute approximate surface area is 229 Å². The molecule has 1 fully saturated rings. The predicted molar refractivity (Wildman–Crippen MR) is 156 cm³/mol. The Hall–Kier alpha value is -3.82. The summed E-state index contributed by atoms with van der Waals surface area (Å²) in [5.74, 6) is 0.110. The molecule has 2 amide bonds. The highest BCUT2D eigenvalue weighted by Crippen LogP contribution is 2.42. The van der Waals surface area contributed by atoms with E-state index in [0.717, 1.165) is 16.7 Å². The number of rotatable bonds is 7. The molecule has 0 spiro atoms. The Kier molecular flexibility index (Phi) is 8.38. The Morgan fingerprint density at radius 1 is 0.921 bits per heavy atom. The van der Waals surface area contributed by atoms with Crippen LogP contribution in [0.25, 0.3) is 0 Å². The Morgan fingerprint density at radius 2 is 1.47 bits per heavy atom. The molecule has 1 saturated heterocycles. The fourth-order valence-corrected chi connectivity index (χ4v) is 5.62. The van der Waals surface area contributed by atoms with E-state index in [4.69, 9.17) is 0 Å². The zero-order chi connectivity index (χ0) is 27.4. The van der Waals surface area contributed by atoms with Gasteiger partial charge in [0.15, 0.2) is 0 Å². The van der Waals surface area contributed by atoms with E-state index in [1.54, 1.807) is 12.1 Å². The van der Waals surface area contributed by atoms with Gasteiger partial charge in [0.2, 0.25) is 5.91 Å². The van der Waals surface area contributed by atoms with Crippen LogP contribution in [0.3, 0.4) is 0 Å². The molecule has 0 aliphatic carbocycles. The number of benzene rings is 3. The van der Waals surface area contributed by atoms with Gasteiger partial charge in [-0.1, -0.05) is 93.6 Å². The second kappa shape index (κ2) is 11.7. The summed E-state index contributed by atoms with van der Waals surface area (Å²) in [6.45, 7) is 10.5. The average Bonchev–Trinajstić information content (AvgIpc) is 3.21. The van der Waals surface area contributed by atoms with Crippen molar-refractivity contribution in [1.29, 1.82) is 5.26 Å². The van der Waals surface area contributed by atoms with Crippen LogP contribution in [0.4, 0.5) is 11.4 Å². The predicted octanol–water partition coefficient (Wildman–Crippen LogP) is 7.31. The molecule has 1 aliphatic heterocycles. The largest absolute Gasteiger partial charge is 0.321 e. The van der Waals surface area contributed by atoms with E-state index in [-0.39, 0.29) is 11.5 Å². The lowest BCUT2D eigenvalue weighted by molar-refractivity contribution is -0.117. The maximum Gasteiger partial charge on any atom is 0.269 e. The first-order valence-corrected chi connectivity index (χ1v) is 13.8. The number of thioether (sulfide) groups is 1. The van der Waals surface area contributed by atoms with Crippen LogP contribution in [0.1, 0.15) is 61.8 Å². The Bertz CT molecular complexity index is 1380. The molecule has 194 valence electrons. The molecule has 5 nitrogen and oxygen atoms in total. The highest BCUT2D eigenvalue weighted by Gasteiger charge is 2.40. The van der Waals surface area contributed by atoms with Crippen LogP contribution in [-0.2, 0) is 16.0 Å². The van der Waals surface area contributed by atoms with Gasteiger partial charge < -0.3 is 5.32 Å². The Balaban J connectivity index is 1.70. The molecule has 1 unspecified atom stereocenters. The van der Waals surface area contributed by atoms with Gasteiger partial charge in [0.05, 0.1) is 5.25 Å². The lowest BCUT2D eigenvalue weighted by Crippen LogP contribution is -2.31. The molecule has 6 heteroatoms. The van der Waals surface area contributed by atoms with Crippen molar-refractivity contribution < 1.29 is 9.59 Å². The third-order valence-electron chi connectivity index (χ3n) is 6.70. The lowest BCUT2D eigenvalue weighted by atomic mass is 10.00. The van der Waals surface area contributed by atoms with E-state index in [1.165, 1.54) is 22.2 Å². The van der Waals surface area contributed by atoms with Gasteiger partial charge in [0, 0.05) is 11.4 Å². The van der Waals surface area contributed by atoms with Gasteiger partial charge in [-0.2, -0.15) is 5.26 Å². The minimum absolute atomic E-state index is 0.0745. The quantitative estimate of drug-likeness (QED) is 0.260. The van der Waals surface area contributed by atoms with Crippen LogP contribution >= 0.6 is 11.8 Å². The number of carbonyl (C=O) groups is 2. The van der Waals surface area contributed by atoms with Crippen LogP contribution < -0.4 is 10.2 Å². The van der Waals surface area contributed by atoms with Gasteiger partial charge in [-0.25, -0.2) is 0 Å². The van der Waals surface area contributed by atoms with E-state index in [1.807, 2.05) is 43.3 Å². The number of hydrogen-bond acceptors (Lipinski definition) is 4. The third-order valence-corrected chi connectivity index (χ3v) is 7.96. The molecular weight excluding hydrogens is 490 g/mol. The highest BCUT2D eigenvalue weighted by atomic mass is 32.2. The summed E-state index contributed by atoms with van der Waals surface area (Å²) in [4.78, 5) is 28.6. The normalized spacial score (nSPS) is 16.6. The molecule has 3 aromatic carbocycles. The van der Waals surface area contributed by atoms with Crippen molar-refractivity contribution in [2.45, 2.75) is 58.1 Å². The lowest BCUT2D eigenvalue weighted by Gasteiger charge is -2.19. The molecule has 3 aromatic rings. The first kappa shape index (κ1) is 27.2. The van der Waals surface area contributed by atoms with Crippen molar-refractivity contribution >= 4 is 35.0 Å². The van der Waals surface area contributed by atoms with Gasteiger partial charge in [0.25, 0.3) is 5.91 Å². The van der Waals surface area contributed by atoms with Gasteiger partial charge in [0.1, 0.15) is 16.7 Å².